The molecule has 2 aromatic rings. The molecule has 0 radical (unpaired) electrons. The summed E-state index contributed by atoms with van der Waals surface area (Å²) in [6.45, 7) is 6.14. The zero-order chi connectivity index (χ0) is 18.2. The molecule has 3 rings (SSSR count). The Balaban J connectivity index is 1.88. The number of nitrogens with zero attached hydrogens (tertiary/aromatic N) is 2. The number of fused-ring (bicyclic) bond motifs is 1. The maximum Gasteiger partial charge on any atom is 0.255 e. The molecule has 0 bridgehead atoms. The van der Waals surface area contributed by atoms with E-state index in [4.69, 9.17) is 4.74 Å². The molecule has 1 atom stereocenters. The number of nitriles is 1. The van der Waals surface area contributed by atoms with Crippen molar-refractivity contribution in [2.24, 2.45) is 0 Å². The molecule has 0 fully saturated rings. The fourth-order valence-corrected chi connectivity index (χ4v) is 2.95. The van der Waals surface area contributed by atoms with Crippen LogP contribution >= 0.6 is 0 Å². The van der Waals surface area contributed by atoms with Gasteiger partial charge in [-0.15, -0.1) is 0 Å². The molecule has 0 saturated heterocycles. The third-order valence-corrected chi connectivity index (χ3v) is 3.91. The van der Waals surface area contributed by atoms with Crippen molar-refractivity contribution in [3.8, 4) is 11.8 Å². The first kappa shape index (κ1) is 17.0. The van der Waals surface area contributed by atoms with Crippen molar-refractivity contribution in [2.75, 3.05) is 0 Å². The van der Waals surface area contributed by atoms with Crippen molar-refractivity contribution in [2.45, 2.75) is 39.0 Å². The first-order valence-electron chi connectivity index (χ1n) is 8.06. The van der Waals surface area contributed by atoms with Gasteiger partial charge >= 0.3 is 0 Å². The number of amides is 1. The number of rotatable bonds is 3. The van der Waals surface area contributed by atoms with E-state index in [1.165, 1.54) is 23.1 Å². The summed E-state index contributed by atoms with van der Waals surface area (Å²) in [5.41, 5.74) is 1.33. The highest BCUT2D eigenvalue weighted by Crippen LogP contribution is 2.35. The SMILES string of the molecule is CC(C)(C)Oc1cccc(CN2C(=O)c3ccc(F)cc3C2C#N)c1. The summed E-state index contributed by atoms with van der Waals surface area (Å²) in [6, 6.07) is 12.7. The van der Waals surface area contributed by atoms with E-state index < -0.39 is 11.9 Å². The Morgan fingerprint density at radius 1 is 1.24 bits per heavy atom. The third kappa shape index (κ3) is 3.48. The molecule has 2 aromatic carbocycles. The first-order chi connectivity index (χ1) is 11.8. The van der Waals surface area contributed by atoms with E-state index in [1.54, 1.807) is 0 Å². The number of benzene rings is 2. The van der Waals surface area contributed by atoms with E-state index in [9.17, 15) is 14.4 Å². The number of carbonyl (C=O) groups is 1. The highest BCUT2D eigenvalue weighted by molar-refractivity contribution is 5.99. The molecule has 25 heavy (non-hydrogen) atoms. The molecule has 1 aliphatic heterocycles. The molecular formula is C20H19FN2O2. The van der Waals surface area contributed by atoms with Crippen molar-refractivity contribution < 1.29 is 13.9 Å². The highest BCUT2D eigenvalue weighted by atomic mass is 19.1. The smallest absolute Gasteiger partial charge is 0.255 e. The van der Waals surface area contributed by atoms with Crippen LogP contribution < -0.4 is 4.74 Å². The van der Waals surface area contributed by atoms with Crippen LogP contribution in [0, 0.1) is 17.1 Å². The Hall–Kier alpha value is -2.87. The summed E-state index contributed by atoms with van der Waals surface area (Å²) < 4.78 is 19.4. The number of hydrogen-bond acceptors (Lipinski definition) is 3. The van der Waals surface area contributed by atoms with Gasteiger partial charge in [0.1, 0.15) is 23.2 Å². The molecule has 5 heteroatoms. The second-order valence-electron chi connectivity index (χ2n) is 7.06. The van der Waals surface area contributed by atoms with Crippen molar-refractivity contribution in [3.05, 3.63) is 65.0 Å². The topological polar surface area (TPSA) is 53.3 Å². The molecule has 1 amide bonds. The minimum Gasteiger partial charge on any atom is -0.488 e. The van der Waals surface area contributed by atoms with Gasteiger partial charge in [0.25, 0.3) is 5.91 Å². The lowest BCUT2D eigenvalue weighted by Crippen LogP contribution is -2.27. The Morgan fingerprint density at radius 2 is 2.00 bits per heavy atom. The molecule has 1 unspecified atom stereocenters. The zero-order valence-electron chi connectivity index (χ0n) is 14.4. The molecule has 128 valence electrons. The van der Waals surface area contributed by atoms with Gasteiger partial charge in [-0.1, -0.05) is 12.1 Å². The van der Waals surface area contributed by atoms with Crippen LogP contribution in [0.2, 0.25) is 0 Å². The summed E-state index contributed by atoms with van der Waals surface area (Å²) in [5.74, 6) is -0.00775. The van der Waals surface area contributed by atoms with Gasteiger partial charge in [-0.25, -0.2) is 4.39 Å². The summed E-state index contributed by atoms with van der Waals surface area (Å²) >= 11 is 0. The van der Waals surface area contributed by atoms with Crippen LogP contribution in [0.15, 0.2) is 42.5 Å². The lowest BCUT2D eigenvalue weighted by Gasteiger charge is -2.23. The van der Waals surface area contributed by atoms with E-state index in [2.05, 4.69) is 6.07 Å². The van der Waals surface area contributed by atoms with Gasteiger partial charge in [0, 0.05) is 17.7 Å². The number of ether oxygens (including phenoxy) is 1. The van der Waals surface area contributed by atoms with Gasteiger partial charge in [-0.05, 0) is 56.7 Å². The highest BCUT2D eigenvalue weighted by Gasteiger charge is 2.37. The van der Waals surface area contributed by atoms with Crippen LogP contribution in [0.5, 0.6) is 5.75 Å². The maximum absolute atomic E-state index is 13.5. The van der Waals surface area contributed by atoms with Gasteiger partial charge in [-0.2, -0.15) is 5.26 Å². The average molecular weight is 338 g/mol. The largest absolute Gasteiger partial charge is 0.488 e. The van der Waals surface area contributed by atoms with E-state index in [0.717, 1.165) is 5.56 Å². The van der Waals surface area contributed by atoms with Crippen LogP contribution in [0.1, 0.15) is 48.3 Å². The van der Waals surface area contributed by atoms with Gasteiger partial charge in [0.05, 0.1) is 6.07 Å². The van der Waals surface area contributed by atoms with E-state index in [0.29, 0.717) is 16.9 Å². The van der Waals surface area contributed by atoms with Gasteiger partial charge in [0.15, 0.2) is 0 Å². The fraction of sp³-hybridized carbons (Fsp3) is 0.300. The third-order valence-electron chi connectivity index (χ3n) is 3.91. The minimum atomic E-state index is -0.787. The molecular weight excluding hydrogens is 319 g/mol. The summed E-state index contributed by atoms with van der Waals surface area (Å²) in [5, 5.41) is 9.49. The Kier molecular flexibility index (Phi) is 4.22. The molecule has 0 saturated carbocycles. The minimum absolute atomic E-state index is 0.259. The molecule has 1 aliphatic rings. The first-order valence-corrected chi connectivity index (χ1v) is 8.06. The van der Waals surface area contributed by atoms with Crippen molar-refractivity contribution in [1.29, 1.82) is 5.26 Å². The summed E-state index contributed by atoms with van der Waals surface area (Å²) in [6.07, 6.45) is 0. The Labute approximate surface area is 146 Å². The Bertz CT molecular complexity index is 865. The molecule has 0 aliphatic carbocycles. The standard InChI is InChI=1S/C20H19FN2O2/c1-20(2,3)25-15-6-4-5-13(9-15)12-23-18(11-22)17-10-14(21)7-8-16(17)19(23)24/h4-10,18H,12H2,1-3H3. The lowest BCUT2D eigenvalue weighted by molar-refractivity contribution is 0.0743. The molecule has 0 aromatic heterocycles. The van der Waals surface area contributed by atoms with Gasteiger partial charge < -0.3 is 9.64 Å². The van der Waals surface area contributed by atoms with Crippen LogP contribution in [0.25, 0.3) is 0 Å². The monoisotopic (exact) mass is 338 g/mol. The normalized spacial score (nSPS) is 16.5. The van der Waals surface area contributed by atoms with E-state index >= 15 is 0 Å². The van der Waals surface area contributed by atoms with Gasteiger partial charge in [0.2, 0.25) is 0 Å². The number of hydrogen-bond donors (Lipinski definition) is 0. The van der Waals surface area contributed by atoms with Crippen molar-refractivity contribution >= 4 is 5.91 Å². The number of carbonyl (C=O) groups excluding carboxylic acids is 1. The van der Waals surface area contributed by atoms with Crippen molar-refractivity contribution in [1.82, 2.24) is 4.90 Å². The second-order valence-corrected chi connectivity index (χ2v) is 7.06. The van der Waals surface area contributed by atoms with Crippen LogP contribution in [0.4, 0.5) is 4.39 Å². The number of halogens is 1. The predicted octanol–water partition coefficient (Wildman–Crippen LogP) is 4.22. The van der Waals surface area contributed by atoms with Crippen LogP contribution in [0.3, 0.4) is 0 Å². The van der Waals surface area contributed by atoms with E-state index in [1.807, 2.05) is 45.0 Å². The lowest BCUT2D eigenvalue weighted by atomic mass is 10.1. The van der Waals surface area contributed by atoms with Crippen molar-refractivity contribution in [3.63, 3.8) is 0 Å². The quantitative estimate of drug-likeness (QED) is 0.842. The zero-order valence-corrected chi connectivity index (χ0v) is 14.4. The maximum atomic E-state index is 13.5. The molecule has 0 spiro atoms. The molecule has 1 heterocycles. The van der Waals surface area contributed by atoms with E-state index in [-0.39, 0.29) is 18.1 Å². The Morgan fingerprint density at radius 3 is 2.68 bits per heavy atom. The van der Waals surface area contributed by atoms with Crippen LogP contribution in [-0.2, 0) is 6.54 Å². The predicted molar refractivity (Wildman–Crippen MR) is 91.5 cm³/mol. The molecule has 4 nitrogen and oxygen atoms in total. The summed E-state index contributed by atoms with van der Waals surface area (Å²) in [7, 11) is 0. The average Bonchev–Trinajstić information content (AvgIpc) is 2.77. The fourth-order valence-electron chi connectivity index (χ4n) is 2.95. The van der Waals surface area contributed by atoms with Gasteiger partial charge in [-0.3, -0.25) is 4.79 Å². The van der Waals surface area contributed by atoms with Crippen LogP contribution in [-0.4, -0.2) is 16.4 Å². The second kappa shape index (κ2) is 6.21. The molecule has 0 N–H and O–H groups in total. The summed E-state index contributed by atoms with van der Waals surface area (Å²) in [4.78, 5) is 14.1.